The van der Waals surface area contributed by atoms with Crippen LogP contribution in [0.25, 0.3) is 17.0 Å². The van der Waals surface area contributed by atoms with E-state index in [2.05, 4.69) is 16.1 Å². The molecule has 5 unspecified atom stereocenters. The summed E-state index contributed by atoms with van der Waals surface area (Å²) in [6.07, 6.45) is 2.92. The van der Waals surface area contributed by atoms with Crippen LogP contribution in [-0.2, 0) is 28.7 Å². The van der Waals surface area contributed by atoms with E-state index in [9.17, 15) is 24.3 Å². The summed E-state index contributed by atoms with van der Waals surface area (Å²) in [5.74, 6) is -2.74. The van der Waals surface area contributed by atoms with Crippen molar-refractivity contribution in [3.63, 3.8) is 0 Å². The fourth-order valence-electron chi connectivity index (χ4n) is 5.20. The monoisotopic (exact) mass is 623 g/mol. The molecule has 12 nitrogen and oxygen atoms in total. The Labute approximate surface area is 263 Å². The minimum absolute atomic E-state index is 0.0320. The standard InChI is InChI=1S/C33H45N5O7/c1-19(2)17-44-33(18-39)14-13-23-9-10-24-11-12-25(36-27(24)16-23)21(5)34-29(40)26-8-7-15-38(37-26)31(42)22(6)35-30(41)28(20(3)4)45-32(33)43/h9-14,16,19-22,26,28,37,39H,7-8,15,17-18H2,1-6H3,(H,34,40)(H,35,41). The van der Waals surface area contributed by atoms with Crippen LogP contribution in [0, 0.1) is 11.8 Å². The first-order chi connectivity index (χ1) is 21.3. The van der Waals surface area contributed by atoms with Crippen molar-refractivity contribution < 1.29 is 33.8 Å². The molecular weight excluding hydrogens is 578 g/mol. The zero-order valence-corrected chi connectivity index (χ0v) is 26.8. The number of aliphatic hydroxyl groups excluding tert-OH is 1. The number of carbonyl (C=O) groups excluding carboxylic acids is 4. The highest BCUT2D eigenvalue weighted by molar-refractivity contribution is 5.92. The van der Waals surface area contributed by atoms with Crippen LogP contribution in [0.5, 0.6) is 0 Å². The zero-order valence-electron chi connectivity index (χ0n) is 26.8. The summed E-state index contributed by atoms with van der Waals surface area (Å²) in [6.45, 7) is 10.4. The molecular formula is C33H45N5O7. The normalized spacial score (nSPS) is 27.1. The summed E-state index contributed by atoms with van der Waals surface area (Å²) in [5.41, 5.74) is 3.11. The number of aromatic nitrogens is 1. The maximum absolute atomic E-state index is 13.7. The van der Waals surface area contributed by atoms with Gasteiger partial charge in [0.25, 0.3) is 11.8 Å². The lowest BCUT2D eigenvalue weighted by atomic mass is 10.0. The van der Waals surface area contributed by atoms with Crippen molar-refractivity contribution in [3.05, 3.63) is 47.7 Å². The Balaban J connectivity index is 1.77. The number of hydrogen-bond acceptors (Lipinski definition) is 9. The summed E-state index contributed by atoms with van der Waals surface area (Å²) in [7, 11) is 0. The van der Waals surface area contributed by atoms with Gasteiger partial charge in [0.15, 0.2) is 6.10 Å². The van der Waals surface area contributed by atoms with Crippen molar-refractivity contribution >= 4 is 40.7 Å². The van der Waals surface area contributed by atoms with Crippen molar-refractivity contribution in [1.82, 2.24) is 26.1 Å². The zero-order chi connectivity index (χ0) is 32.9. The molecule has 4 N–H and O–H groups in total. The van der Waals surface area contributed by atoms with Crippen LogP contribution in [0.3, 0.4) is 0 Å². The lowest BCUT2D eigenvalue weighted by Crippen LogP contribution is -2.61. The van der Waals surface area contributed by atoms with Crippen molar-refractivity contribution in [1.29, 1.82) is 0 Å². The predicted molar refractivity (Wildman–Crippen MR) is 168 cm³/mol. The Bertz CT molecular complexity index is 1440. The Morgan fingerprint density at radius 2 is 1.76 bits per heavy atom. The molecule has 2 aliphatic heterocycles. The molecule has 5 atom stereocenters. The minimum atomic E-state index is -1.90. The number of fused-ring (bicyclic) bond motifs is 4. The molecule has 2 aliphatic rings. The number of hydrazine groups is 1. The van der Waals surface area contributed by atoms with Gasteiger partial charge in [0.1, 0.15) is 12.1 Å². The number of amides is 3. The van der Waals surface area contributed by atoms with Crippen molar-refractivity contribution in [2.24, 2.45) is 11.8 Å². The Morgan fingerprint density at radius 3 is 2.44 bits per heavy atom. The molecule has 4 rings (SSSR count). The summed E-state index contributed by atoms with van der Waals surface area (Å²) in [6, 6.07) is 7.28. The van der Waals surface area contributed by atoms with Crippen LogP contribution in [0.15, 0.2) is 36.4 Å². The molecule has 0 saturated carbocycles. The molecule has 3 heterocycles. The van der Waals surface area contributed by atoms with E-state index in [4.69, 9.17) is 14.5 Å². The topological polar surface area (TPSA) is 159 Å². The van der Waals surface area contributed by atoms with Gasteiger partial charge in [-0.05, 0) is 62.3 Å². The van der Waals surface area contributed by atoms with Gasteiger partial charge in [0.05, 0.1) is 30.5 Å². The van der Waals surface area contributed by atoms with Crippen molar-refractivity contribution in [3.8, 4) is 0 Å². The first-order valence-corrected chi connectivity index (χ1v) is 15.6. The number of nitrogens with zero attached hydrogens (tertiary/aromatic N) is 2. The minimum Gasteiger partial charge on any atom is -0.450 e. The fraction of sp³-hybridized carbons (Fsp3) is 0.545. The molecule has 2 aromatic rings. The molecule has 5 bridgehead atoms. The smallest absolute Gasteiger partial charge is 0.345 e. The number of cyclic esters (lactones) is 1. The van der Waals surface area contributed by atoms with Crippen molar-refractivity contribution in [2.45, 2.75) is 84.2 Å². The molecule has 12 heteroatoms. The van der Waals surface area contributed by atoms with E-state index >= 15 is 0 Å². The van der Waals surface area contributed by atoms with Gasteiger partial charge in [0.2, 0.25) is 11.5 Å². The maximum atomic E-state index is 13.7. The molecule has 1 aromatic carbocycles. The van der Waals surface area contributed by atoms with E-state index in [1.165, 1.54) is 18.0 Å². The van der Waals surface area contributed by atoms with Crippen molar-refractivity contribution in [2.75, 3.05) is 19.8 Å². The third-order valence-corrected chi connectivity index (χ3v) is 7.94. The van der Waals surface area contributed by atoms with Crippen LogP contribution in [0.1, 0.15) is 71.7 Å². The number of pyridine rings is 1. The highest BCUT2D eigenvalue weighted by atomic mass is 16.6. The van der Waals surface area contributed by atoms with Crippen LogP contribution in [0.2, 0.25) is 0 Å². The lowest BCUT2D eigenvalue weighted by molar-refractivity contribution is -0.182. The Morgan fingerprint density at radius 1 is 1.04 bits per heavy atom. The molecule has 1 saturated heterocycles. The third-order valence-electron chi connectivity index (χ3n) is 7.94. The van der Waals surface area contributed by atoms with Crippen LogP contribution >= 0.6 is 0 Å². The lowest BCUT2D eigenvalue weighted by Gasteiger charge is -2.35. The Kier molecular flexibility index (Phi) is 10.9. The highest BCUT2D eigenvalue weighted by Crippen LogP contribution is 2.24. The molecule has 0 spiro atoms. The van der Waals surface area contributed by atoms with Gasteiger partial charge < -0.3 is 25.2 Å². The van der Waals surface area contributed by atoms with Crippen LogP contribution in [0.4, 0.5) is 0 Å². The van der Waals surface area contributed by atoms with Crippen LogP contribution < -0.4 is 16.1 Å². The van der Waals surface area contributed by atoms with Gasteiger partial charge in [-0.3, -0.25) is 24.4 Å². The second kappa shape index (κ2) is 14.5. The SMILES string of the molecule is CC(C)COC1(CO)C=Cc2ccc3ccc(nc3c2)C(C)NC(=O)C2CCCN(N2)C(=O)C(C)NC(=O)C(C(C)C)OC1=O. The summed E-state index contributed by atoms with van der Waals surface area (Å²) in [5, 5.41) is 18.4. The number of carbonyl (C=O) groups is 4. The second-order valence-corrected chi connectivity index (χ2v) is 12.6. The van der Waals surface area contributed by atoms with Crippen LogP contribution in [-0.4, -0.2) is 82.3 Å². The number of nitrogens with one attached hydrogen (secondary N) is 3. The van der Waals surface area contributed by atoms with Gasteiger partial charge in [-0.1, -0.05) is 52.0 Å². The molecule has 1 fully saturated rings. The number of esters is 1. The number of aliphatic hydroxyl groups is 1. The summed E-state index contributed by atoms with van der Waals surface area (Å²) >= 11 is 0. The van der Waals surface area contributed by atoms with Gasteiger partial charge in [0, 0.05) is 11.9 Å². The third kappa shape index (κ3) is 8.05. The summed E-state index contributed by atoms with van der Waals surface area (Å²) in [4.78, 5) is 58.5. The molecule has 1 aromatic heterocycles. The molecule has 45 heavy (non-hydrogen) atoms. The number of ether oxygens (including phenoxy) is 2. The van der Waals surface area contributed by atoms with Gasteiger partial charge in [-0.15, -0.1) is 0 Å². The van der Waals surface area contributed by atoms with Gasteiger partial charge >= 0.3 is 5.97 Å². The first-order valence-electron chi connectivity index (χ1n) is 15.6. The molecule has 0 radical (unpaired) electrons. The largest absolute Gasteiger partial charge is 0.450 e. The number of hydrogen-bond donors (Lipinski definition) is 4. The molecule has 244 valence electrons. The van der Waals surface area contributed by atoms with Gasteiger partial charge in [-0.2, -0.15) is 0 Å². The molecule has 0 aliphatic carbocycles. The van der Waals surface area contributed by atoms with E-state index in [0.29, 0.717) is 36.2 Å². The predicted octanol–water partition coefficient (Wildman–Crippen LogP) is 2.41. The van der Waals surface area contributed by atoms with E-state index in [1.807, 2.05) is 51.1 Å². The van der Waals surface area contributed by atoms with Gasteiger partial charge in [-0.25, -0.2) is 10.2 Å². The average Bonchev–Trinajstić information content (AvgIpc) is 3.02. The van der Waals surface area contributed by atoms with E-state index < -0.39 is 60.1 Å². The summed E-state index contributed by atoms with van der Waals surface area (Å²) < 4.78 is 11.7. The first kappa shape index (κ1) is 34.0. The quantitative estimate of drug-likeness (QED) is 0.367. The fourth-order valence-corrected chi connectivity index (χ4v) is 5.20. The number of benzene rings is 1. The molecule has 3 amide bonds. The van der Waals surface area contributed by atoms with E-state index in [-0.39, 0.29) is 18.4 Å². The maximum Gasteiger partial charge on any atom is 0.345 e. The average molecular weight is 624 g/mol. The second-order valence-electron chi connectivity index (χ2n) is 12.6. The number of rotatable bonds is 5. The van der Waals surface area contributed by atoms with E-state index in [1.54, 1.807) is 19.9 Å². The Hall–Kier alpha value is -3.87. The highest BCUT2D eigenvalue weighted by Gasteiger charge is 2.42. The van der Waals surface area contributed by atoms with E-state index in [0.717, 1.165) is 5.39 Å².